The summed E-state index contributed by atoms with van der Waals surface area (Å²) in [6.07, 6.45) is 0. The monoisotopic (exact) mass is 760 g/mol. The Kier molecular flexibility index (Phi) is 11.7. The zero-order chi connectivity index (χ0) is 34.6. The van der Waals surface area contributed by atoms with Crippen LogP contribution < -0.4 is 0 Å². The average Bonchev–Trinajstić information content (AvgIpc) is 3.51. The van der Waals surface area contributed by atoms with Gasteiger partial charge in [-0.3, -0.25) is 19.6 Å². The smallest absolute Gasteiger partial charge is 0.124 e. The summed E-state index contributed by atoms with van der Waals surface area (Å²) in [5.74, 6) is 0.427. The fraction of sp³-hybridized carbons (Fsp3) is 0.325. The number of halogens is 2. The van der Waals surface area contributed by atoms with Crippen LogP contribution in [0.5, 0.6) is 5.75 Å². The Bertz CT molecular complexity index is 1850. The van der Waals surface area contributed by atoms with Gasteiger partial charge < -0.3 is 5.11 Å². The molecule has 5 nitrogen and oxygen atoms in total. The van der Waals surface area contributed by atoms with E-state index in [1.807, 2.05) is 24.3 Å². The maximum absolute atomic E-state index is 11.9. The second kappa shape index (κ2) is 16.4. The van der Waals surface area contributed by atoms with Crippen LogP contribution in [0.15, 0.2) is 84.9 Å². The van der Waals surface area contributed by atoms with Gasteiger partial charge in [-0.05, 0) is 65.6 Å². The van der Waals surface area contributed by atoms with E-state index in [2.05, 4.69) is 87.2 Å². The number of hydrogen-bond acceptors (Lipinski definition) is 8. The van der Waals surface area contributed by atoms with Crippen LogP contribution in [-0.2, 0) is 26.2 Å². The summed E-state index contributed by atoms with van der Waals surface area (Å²) in [5.41, 5.74) is 9.20. The highest BCUT2D eigenvalue weighted by atomic mass is 35.5. The Hall–Kier alpha value is -2.63. The number of phenolic OH excluding ortho intramolecular Hbond substituents is 1. The number of aryl methyl sites for hydroxylation is 1. The van der Waals surface area contributed by atoms with Crippen LogP contribution in [0, 0.1) is 10.7 Å². The molecule has 2 saturated heterocycles. The highest BCUT2D eigenvalue weighted by Gasteiger charge is 2.24. The van der Waals surface area contributed by atoms with Crippen molar-refractivity contribution in [2.75, 3.05) is 52.4 Å². The quantitative estimate of drug-likeness (QED) is 0.113. The van der Waals surface area contributed by atoms with E-state index in [-0.39, 0.29) is 0 Å². The fourth-order valence-electron chi connectivity index (χ4n) is 6.94. The van der Waals surface area contributed by atoms with Gasteiger partial charge in [0.1, 0.15) is 9.57 Å². The van der Waals surface area contributed by atoms with E-state index in [9.17, 15) is 5.11 Å². The molecule has 0 bridgehead atoms. The van der Waals surface area contributed by atoms with Gasteiger partial charge in [-0.25, -0.2) is 0 Å². The van der Waals surface area contributed by atoms with Gasteiger partial charge in [0.2, 0.25) is 0 Å². The van der Waals surface area contributed by atoms with Crippen molar-refractivity contribution in [2.24, 2.45) is 0 Å². The zero-order valence-corrected chi connectivity index (χ0v) is 32.2. The SMILES string of the molecule is Cc1ccc(-c2c(-c3cc(CN4CCN(Cc5ccc(Cl)cc5)CC4)c(O)c(CN4CCN(Cc5ccc(Cl)cc5)CC4)c3)ssc2=S)cc1. The molecule has 7 rings (SSSR count). The van der Waals surface area contributed by atoms with Gasteiger partial charge in [-0.2, -0.15) is 0 Å². The van der Waals surface area contributed by atoms with Gasteiger partial charge in [0.15, 0.2) is 0 Å². The van der Waals surface area contributed by atoms with Crippen LogP contribution in [0.2, 0.25) is 10.0 Å². The summed E-state index contributed by atoms with van der Waals surface area (Å²) < 4.78 is 0.915. The van der Waals surface area contributed by atoms with Crippen LogP contribution in [-0.4, -0.2) is 77.1 Å². The number of piperazine rings is 2. The van der Waals surface area contributed by atoms with Crippen molar-refractivity contribution in [3.8, 4) is 27.3 Å². The van der Waals surface area contributed by atoms with Crippen molar-refractivity contribution in [2.45, 2.75) is 33.1 Å². The van der Waals surface area contributed by atoms with E-state index in [0.29, 0.717) is 18.8 Å². The summed E-state index contributed by atoms with van der Waals surface area (Å²) >= 11 is 18.1. The van der Waals surface area contributed by atoms with Gasteiger partial charge in [0, 0.05) is 105 Å². The minimum atomic E-state index is 0.427. The highest BCUT2D eigenvalue weighted by Crippen LogP contribution is 2.43. The van der Waals surface area contributed by atoms with Gasteiger partial charge in [0.05, 0.1) is 4.88 Å². The molecule has 260 valence electrons. The molecule has 2 aliphatic rings. The minimum Gasteiger partial charge on any atom is -0.507 e. The highest BCUT2D eigenvalue weighted by molar-refractivity contribution is 7.80. The molecule has 50 heavy (non-hydrogen) atoms. The van der Waals surface area contributed by atoms with E-state index in [4.69, 9.17) is 35.4 Å². The first-order valence-electron chi connectivity index (χ1n) is 17.2. The molecule has 4 aromatic carbocycles. The number of hydrogen-bond donors (Lipinski definition) is 1. The molecule has 0 saturated carbocycles. The van der Waals surface area contributed by atoms with Gasteiger partial charge in [0.25, 0.3) is 0 Å². The van der Waals surface area contributed by atoms with Crippen molar-refractivity contribution in [3.63, 3.8) is 0 Å². The lowest BCUT2D eigenvalue weighted by Crippen LogP contribution is -2.45. The van der Waals surface area contributed by atoms with Crippen molar-refractivity contribution in [3.05, 3.63) is 127 Å². The lowest BCUT2D eigenvalue weighted by atomic mass is 9.97. The first-order chi connectivity index (χ1) is 24.3. The molecule has 0 atom stereocenters. The standard InChI is InChI=1S/C40H42Cl2N4OS3/c1-28-2-8-31(9-3-28)37-39(49-50-40(37)48)32-22-33(26-45-18-14-43(15-19-45)24-29-4-10-35(41)11-5-29)38(47)34(23-32)27-46-20-16-44(17-21-46)25-30-6-12-36(42)13-7-30/h2-13,22-23,47H,14-21,24-27H2,1H3. The summed E-state index contributed by atoms with van der Waals surface area (Å²) in [6, 6.07) is 29.4. The van der Waals surface area contributed by atoms with E-state index in [1.165, 1.54) is 21.6 Å². The number of phenols is 1. The molecule has 3 heterocycles. The van der Waals surface area contributed by atoms with Crippen molar-refractivity contribution in [1.82, 2.24) is 19.6 Å². The Morgan fingerprint density at radius 2 is 1.00 bits per heavy atom. The van der Waals surface area contributed by atoms with Crippen LogP contribution >= 0.6 is 56.1 Å². The molecule has 0 aliphatic carbocycles. The molecule has 1 N–H and O–H groups in total. The molecule has 0 spiro atoms. The molecule has 0 radical (unpaired) electrons. The summed E-state index contributed by atoms with van der Waals surface area (Å²) in [4.78, 5) is 11.1. The van der Waals surface area contributed by atoms with E-state index >= 15 is 0 Å². The lowest BCUT2D eigenvalue weighted by molar-refractivity contribution is 0.119. The average molecular weight is 762 g/mol. The summed E-state index contributed by atoms with van der Waals surface area (Å²) in [7, 11) is 3.41. The van der Waals surface area contributed by atoms with E-state index < -0.39 is 0 Å². The fourth-order valence-corrected chi connectivity index (χ4v) is 10.1. The third-order valence-corrected chi connectivity index (χ3v) is 13.4. The molecule has 0 amide bonds. The Morgan fingerprint density at radius 1 is 0.580 bits per heavy atom. The largest absolute Gasteiger partial charge is 0.507 e. The molecule has 0 unspecified atom stereocenters. The third-order valence-electron chi connectivity index (χ3n) is 9.86. The first kappa shape index (κ1) is 35.8. The summed E-state index contributed by atoms with van der Waals surface area (Å²) in [6.45, 7) is 13.1. The van der Waals surface area contributed by atoms with Gasteiger partial charge in [-0.1, -0.05) is 110 Å². The molecule has 5 aromatic rings. The molecule has 10 heteroatoms. The van der Waals surface area contributed by atoms with E-state index in [0.717, 1.165) is 107 Å². The number of rotatable bonds is 10. The second-order valence-corrected chi connectivity index (χ2v) is 17.2. The van der Waals surface area contributed by atoms with Crippen LogP contribution in [0.3, 0.4) is 0 Å². The molecule has 2 fully saturated rings. The normalized spacial score (nSPS) is 16.6. The predicted octanol–water partition coefficient (Wildman–Crippen LogP) is 9.83. The first-order valence-corrected chi connectivity index (χ1v) is 20.5. The third kappa shape index (κ3) is 8.87. The van der Waals surface area contributed by atoms with Crippen LogP contribution in [0.4, 0.5) is 0 Å². The maximum Gasteiger partial charge on any atom is 0.124 e. The number of benzene rings is 4. The van der Waals surface area contributed by atoms with Gasteiger partial charge >= 0.3 is 0 Å². The maximum atomic E-state index is 11.9. The van der Waals surface area contributed by atoms with Gasteiger partial charge in [-0.15, -0.1) is 0 Å². The van der Waals surface area contributed by atoms with Crippen LogP contribution in [0.25, 0.3) is 21.6 Å². The van der Waals surface area contributed by atoms with Crippen molar-refractivity contribution >= 4 is 56.1 Å². The Balaban J connectivity index is 1.10. The van der Waals surface area contributed by atoms with E-state index in [1.54, 1.807) is 20.7 Å². The van der Waals surface area contributed by atoms with Crippen molar-refractivity contribution < 1.29 is 5.11 Å². The number of nitrogens with zero attached hydrogens (tertiary/aromatic N) is 4. The zero-order valence-electron chi connectivity index (χ0n) is 28.3. The lowest BCUT2D eigenvalue weighted by Gasteiger charge is -2.36. The Labute approximate surface area is 318 Å². The summed E-state index contributed by atoms with van der Waals surface area (Å²) in [5, 5.41) is 13.4. The number of aromatic hydroxyl groups is 1. The molecule has 1 aromatic heterocycles. The van der Waals surface area contributed by atoms with Crippen molar-refractivity contribution in [1.29, 1.82) is 0 Å². The second-order valence-electron chi connectivity index (χ2n) is 13.5. The minimum absolute atomic E-state index is 0.427. The van der Waals surface area contributed by atoms with Crippen LogP contribution in [0.1, 0.15) is 27.8 Å². The molecular formula is C40H42Cl2N4OS3. The molecule has 2 aliphatic heterocycles. The predicted molar refractivity (Wildman–Crippen MR) is 214 cm³/mol. The topological polar surface area (TPSA) is 33.2 Å². The molecular weight excluding hydrogens is 720 g/mol. The Morgan fingerprint density at radius 3 is 1.44 bits per heavy atom.